The Kier molecular flexibility index (Phi) is 9.71. The van der Waals surface area contributed by atoms with Gasteiger partial charge >= 0.3 is 11.9 Å². The van der Waals surface area contributed by atoms with Gasteiger partial charge in [-0.1, -0.05) is 42.8 Å². The Morgan fingerprint density at radius 2 is 1.80 bits per heavy atom. The topological polar surface area (TPSA) is 114 Å². The Morgan fingerprint density at radius 3 is 2.51 bits per heavy atom. The van der Waals surface area contributed by atoms with E-state index in [1.807, 2.05) is 39.0 Å². The lowest BCUT2D eigenvalue weighted by Crippen LogP contribution is -2.34. The van der Waals surface area contributed by atoms with Crippen LogP contribution < -0.4 is 16.4 Å². The molecule has 41 heavy (non-hydrogen) atoms. The average molecular weight is 558 g/mol. The average Bonchev–Trinajstić information content (AvgIpc) is 2.97. The molecule has 7 nitrogen and oxygen atoms in total. The number of anilines is 2. The highest BCUT2D eigenvalue weighted by Gasteiger charge is 2.41. The van der Waals surface area contributed by atoms with Gasteiger partial charge in [-0.2, -0.15) is 0 Å². The molecule has 1 aliphatic heterocycles. The van der Waals surface area contributed by atoms with Crippen LogP contribution in [0.2, 0.25) is 0 Å². The number of methoxy groups -OCH3 is 1. The van der Waals surface area contributed by atoms with Gasteiger partial charge in [-0.3, -0.25) is 4.79 Å². The van der Waals surface area contributed by atoms with Gasteiger partial charge in [-0.25, -0.2) is 4.79 Å². The number of carboxylic acids is 1. The van der Waals surface area contributed by atoms with Crippen LogP contribution in [-0.2, 0) is 28.9 Å². The van der Waals surface area contributed by atoms with Crippen LogP contribution in [0.1, 0.15) is 82.8 Å². The number of aromatic carboxylic acids is 1. The number of aryl methyl sites for hydroxylation is 1. The Hall–Kier alpha value is -3.84. The summed E-state index contributed by atoms with van der Waals surface area (Å²) < 4.78 is 5.26. The molecule has 4 rings (SSSR count). The number of nitrogens with one attached hydrogen (secondary N) is 2. The zero-order chi connectivity index (χ0) is 29.6. The van der Waals surface area contributed by atoms with E-state index in [2.05, 4.69) is 34.9 Å². The molecule has 1 unspecified atom stereocenters. The number of nitrogens with two attached hydrogens (primary N) is 1. The number of fused-ring (bicyclic) bond motifs is 1. The predicted octanol–water partition coefficient (Wildman–Crippen LogP) is 6.08. The highest BCUT2D eigenvalue weighted by atomic mass is 16.5. The van der Waals surface area contributed by atoms with Gasteiger partial charge in [-0.05, 0) is 105 Å². The van der Waals surface area contributed by atoms with E-state index in [4.69, 9.17) is 15.6 Å². The van der Waals surface area contributed by atoms with Crippen LogP contribution in [0, 0.1) is 12.3 Å². The van der Waals surface area contributed by atoms with Crippen molar-refractivity contribution < 1.29 is 19.4 Å². The predicted molar refractivity (Wildman–Crippen MR) is 165 cm³/mol. The van der Waals surface area contributed by atoms with Crippen LogP contribution in [0.15, 0.2) is 54.6 Å². The summed E-state index contributed by atoms with van der Waals surface area (Å²) in [7, 11) is 1.45. The second-order valence-electron chi connectivity index (χ2n) is 11.6. The third-order valence-electron chi connectivity index (χ3n) is 8.41. The minimum Gasteiger partial charge on any atom is -0.478 e. The number of ether oxygens (including phenoxy) is 1. The smallest absolute Gasteiger partial charge is 0.335 e. The molecule has 0 aromatic heterocycles. The molecule has 0 saturated carbocycles. The molecule has 7 heteroatoms. The van der Waals surface area contributed by atoms with Gasteiger partial charge in [0, 0.05) is 19.0 Å². The lowest BCUT2D eigenvalue weighted by molar-refractivity contribution is -0.151. The first-order chi connectivity index (χ1) is 19.6. The number of rotatable bonds is 12. The van der Waals surface area contributed by atoms with Gasteiger partial charge in [0.05, 0.1) is 29.5 Å². The van der Waals surface area contributed by atoms with E-state index >= 15 is 0 Å². The summed E-state index contributed by atoms with van der Waals surface area (Å²) in [6.45, 7) is 8.54. The second kappa shape index (κ2) is 13.2. The van der Waals surface area contributed by atoms with Crippen molar-refractivity contribution in [3.63, 3.8) is 0 Å². The molecule has 0 radical (unpaired) electrons. The fraction of sp³-hybridized carbons (Fsp3) is 0.412. The van der Waals surface area contributed by atoms with Gasteiger partial charge in [0.2, 0.25) is 0 Å². The molecule has 0 saturated heterocycles. The van der Waals surface area contributed by atoms with Crippen LogP contribution in [0.25, 0.3) is 0 Å². The maximum atomic E-state index is 13.0. The summed E-state index contributed by atoms with van der Waals surface area (Å²) in [4.78, 5) is 24.0. The fourth-order valence-corrected chi connectivity index (χ4v) is 5.93. The quantitative estimate of drug-likeness (QED) is 0.121. The van der Waals surface area contributed by atoms with Crippen LogP contribution in [0.3, 0.4) is 0 Å². The Morgan fingerprint density at radius 1 is 1.05 bits per heavy atom. The number of hydrogen-bond acceptors (Lipinski definition) is 6. The van der Waals surface area contributed by atoms with Crippen molar-refractivity contribution in [3.05, 3.63) is 93.5 Å². The molecule has 3 aromatic carbocycles. The first kappa shape index (κ1) is 30.1. The fourth-order valence-electron chi connectivity index (χ4n) is 5.93. The number of carbonyl (C=O) groups excluding carboxylic acids is 1. The Balaban J connectivity index is 1.45. The summed E-state index contributed by atoms with van der Waals surface area (Å²) in [6, 6.07) is 17.8. The zero-order valence-electron chi connectivity index (χ0n) is 24.7. The van der Waals surface area contributed by atoms with Crippen molar-refractivity contribution in [1.29, 1.82) is 0 Å². The third-order valence-corrected chi connectivity index (χ3v) is 8.41. The lowest BCUT2D eigenvalue weighted by atomic mass is 9.69. The molecule has 1 aliphatic rings. The number of benzene rings is 3. The molecule has 5 N–H and O–H groups in total. The number of nitrogen functional groups attached to an aromatic ring is 1. The summed E-state index contributed by atoms with van der Waals surface area (Å²) >= 11 is 0. The number of unbranched alkanes of at least 4 members (excludes halogenated alkanes) is 2. The monoisotopic (exact) mass is 557 g/mol. The molecule has 0 fully saturated rings. The van der Waals surface area contributed by atoms with Crippen LogP contribution in [0.5, 0.6) is 0 Å². The zero-order valence-corrected chi connectivity index (χ0v) is 24.7. The van der Waals surface area contributed by atoms with Crippen molar-refractivity contribution >= 4 is 23.3 Å². The molecule has 218 valence electrons. The van der Waals surface area contributed by atoms with Crippen molar-refractivity contribution in [2.24, 2.45) is 5.41 Å². The molecule has 1 atom stereocenters. The maximum Gasteiger partial charge on any atom is 0.335 e. The molecule has 0 bridgehead atoms. The lowest BCUT2D eigenvalue weighted by Gasteiger charge is -2.35. The van der Waals surface area contributed by atoms with Gasteiger partial charge in [0.25, 0.3) is 0 Å². The molecule has 0 aliphatic carbocycles. The van der Waals surface area contributed by atoms with Gasteiger partial charge < -0.3 is 26.2 Å². The number of hydrogen-bond donors (Lipinski definition) is 4. The van der Waals surface area contributed by atoms with Crippen LogP contribution in [-0.4, -0.2) is 37.2 Å². The molecule has 1 heterocycles. The number of carboxylic acid groups (broad SMARTS) is 1. The molecular weight excluding hydrogens is 514 g/mol. The van der Waals surface area contributed by atoms with Crippen molar-refractivity contribution in [2.75, 3.05) is 31.2 Å². The van der Waals surface area contributed by atoms with E-state index in [-0.39, 0.29) is 11.9 Å². The first-order valence-electron chi connectivity index (χ1n) is 14.5. The second-order valence-corrected chi connectivity index (χ2v) is 11.6. The Bertz CT molecular complexity index is 1380. The summed E-state index contributed by atoms with van der Waals surface area (Å²) in [5.41, 5.74) is 14.7. The van der Waals surface area contributed by atoms with E-state index in [9.17, 15) is 9.59 Å². The number of carbonyl (C=O) groups is 2. The summed E-state index contributed by atoms with van der Waals surface area (Å²) in [5, 5.41) is 16.0. The first-order valence-corrected chi connectivity index (χ1v) is 14.5. The summed E-state index contributed by atoms with van der Waals surface area (Å²) in [5.74, 6) is -1.37. The van der Waals surface area contributed by atoms with Crippen molar-refractivity contribution in [2.45, 2.75) is 65.3 Å². The highest BCUT2D eigenvalue weighted by molar-refractivity contribution is 5.87. The highest BCUT2D eigenvalue weighted by Crippen LogP contribution is 2.45. The van der Waals surface area contributed by atoms with E-state index in [0.29, 0.717) is 11.3 Å². The molecule has 0 spiro atoms. The van der Waals surface area contributed by atoms with Gasteiger partial charge in [0.1, 0.15) is 0 Å². The minimum absolute atomic E-state index is 0.219. The van der Waals surface area contributed by atoms with Crippen molar-refractivity contribution in [3.8, 4) is 0 Å². The van der Waals surface area contributed by atoms with E-state index < -0.39 is 11.4 Å². The SMILES string of the molecule is COC(=O)C(C)(C)C(c1ccc2c(c1)CNCC2)c1ccc(NCCCCCc2ccc(C(=O)O)cc2)c(N)c1C. The number of esters is 1. The van der Waals surface area contributed by atoms with E-state index in [1.165, 1.54) is 18.2 Å². The summed E-state index contributed by atoms with van der Waals surface area (Å²) in [6.07, 6.45) is 5.00. The molecular formula is C34H43N3O4. The minimum atomic E-state index is -0.899. The normalized spacial score (nSPS) is 13.8. The maximum absolute atomic E-state index is 13.0. The van der Waals surface area contributed by atoms with Crippen molar-refractivity contribution in [1.82, 2.24) is 5.32 Å². The van der Waals surface area contributed by atoms with E-state index in [0.717, 1.165) is 79.7 Å². The van der Waals surface area contributed by atoms with Crippen LogP contribution >= 0.6 is 0 Å². The van der Waals surface area contributed by atoms with E-state index in [1.54, 1.807) is 12.1 Å². The Labute approximate surface area is 243 Å². The largest absolute Gasteiger partial charge is 0.478 e. The van der Waals surface area contributed by atoms with Crippen LogP contribution in [0.4, 0.5) is 11.4 Å². The molecule has 3 aromatic rings. The standard InChI is InChI=1S/C34H43N3O4/c1-22-28(30(34(2,3)33(40)41-4)26-14-13-24-17-19-36-21-27(24)20-26)15-16-29(31(22)35)37-18-7-5-6-8-23-9-11-25(12-10-23)32(38)39/h9-16,20,30,36-37H,5-8,17-19,21,35H2,1-4H3,(H,38,39). The van der Waals surface area contributed by atoms with Gasteiger partial charge in [0.15, 0.2) is 0 Å². The third kappa shape index (κ3) is 6.91. The van der Waals surface area contributed by atoms with Gasteiger partial charge in [-0.15, -0.1) is 0 Å². The molecule has 0 amide bonds.